The topological polar surface area (TPSA) is 84.4 Å². The second-order valence-electron chi connectivity index (χ2n) is 6.86. The average Bonchev–Trinajstić information content (AvgIpc) is 3.25. The second-order valence-corrected chi connectivity index (χ2v) is 7.61. The normalized spacial score (nSPS) is 16.6. The number of aryl methyl sites for hydroxylation is 2. The molecule has 28 heavy (non-hydrogen) atoms. The fraction of sp³-hybridized carbons (Fsp3) is 0.300. The Bertz CT molecular complexity index is 1080. The van der Waals surface area contributed by atoms with E-state index in [0.717, 1.165) is 21.5 Å². The molecular weight excluding hydrogens is 376 g/mol. The van der Waals surface area contributed by atoms with E-state index in [-0.39, 0.29) is 18.2 Å². The summed E-state index contributed by atoms with van der Waals surface area (Å²) in [6, 6.07) is 9.28. The minimum absolute atomic E-state index is 0.0961. The molecule has 1 saturated heterocycles. The predicted molar refractivity (Wildman–Crippen MR) is 109 cm³/mol. The Labute approximate surface area is 166 Å². The molecule has 2 aromatic heterocycles. The van der Waals surface area contributed by atoms with E-state index >= 15 is 0 Å². The second kappa shape index (κ2) is 7.20. The summed E-state index contributed by atoms with van der Waals surface area (Å²) < 4.78 is 9.71. The first kappa shape index (κ1) is 18.4. The Morgan fingerprint density at radius 3 is 2.89 bits per heavy atom. The van der Waals surface area contributed by atoms with E-state index in [0.29, 0.717) is 23.8 Å². The lowest BCUT2D eigenvalue weighted by molar-refractivity contribution is -0.122. The lowest BCUT2D eigenvalue weighted by Gasteiger charge is -2.19. The number of fused-ring (bicyclic) bond motifs is 1. The van der Waals surface area contributed by atoms with E-state index in [1.807, 2.05) is 38.1 Å². The van der Waals surface area contributed by atoms with Gasteiger partial charge in [0.15, 0.2) is 5.82 Å². The van der Waals surface area contributed by atoms with Crippen molar-refractivity contribution in [3.05, 3.63) is 41.6 Å². The molecule has 3 aromatic rings. The molecule has 1 unspecified atom stereocenters. The Hall–Kier alpha value is -3.00. The molecule has 0 aliphatic carbocycles. The van der Waals surface area contributed by atoms with Gasteiger partial charge in [0, 0.05) is 18.7 Å². The van der Waals surface area contributed by atoms with Crippen LogP contribution in [0.15, 0.2) is 30.3 Å². The van der Waals surface area contributed by atoms with Gasteiger partial charge in [0.2, 0.25) is 11.8 Å². The Morgan fingerprint density at radius 1 is 1.32 bits per heavy atom. The number of hydrogen-bond donors (Lipinski definition) is 1. The third-order valence-electron chi connectivity index (χ3n) is 4.89. The smallest absolute Gasteiger partial charge is 0.231 e. The van der Waals surface area contributed by atoms with Crippen LogP contribution in [0.4, 0.5) is 11.5 Å². The van der Waals surface area contributed by atoms with Crippen LogP contribution in [0, 0.1) is 19.8 Å². The van der Waals surface area contributed by atoms with Gasteiger partial charge in [0.1, 0.15) is 10.6 Å². The highest BCUT2D eigenvalue weighted by molar-refractivity contribution is 7.13. The van der Waals surface area contributed by atoms with Crippen LogP contribution in [0.5, 0.6) is 5.75 Å². The third kappa shape index (κ3) is 3.20. The standard InChI is InChI=1S/C20H20N4O3S/c1-11-8-12(2)21-20-17(11)18(23-28-20)22-19(26)13-9-16(25)24(10-13)14-6-4-5-7-15(14)27-3/h4-8,13H,9-10H2,1-3H3,(H,22,23,26). The molecule has 8 heteroatoms. The van der Waals surface area contributed by atoms with Crippen LogP contribution in [0.2, 0.25) is 0 Å². The number of rotatable bonds is 4. The lowest BCUT2D eigenvalue weighted by Crippen LogP contribution is -2.28. The SMILES string of the molecule is COc1ccccc1N1CC(C(=O)Nc2nsc3nc(C)cc(C)c23)CC1=O. The van der Waals surface area contributed by atoms with Gasteiger partial charge in [-0.15, -0.1) is 0 Å². The Morgan fingerprint density at radius 2 is 2.11 bits per heavy atom. The van der Waals surface area contributed by atoms with E-state index in [9.17, 15) is 9.59 Å². The number of carbonyl (C=O) groups excluding carboxylic acids is 2. The summed E-state index contributed by atoms with van der Waals surface area (Å²) in [4.78, 5) is 32.2. The molecule has 1 atom stereocenters. The molecule has 0 bridgehead atoms. The van der Waals surface area contributed by atoms with Crippen LogP contribution in [0.25, 0.3) is 10.2 Å². The first-order chi connectivity index (χ1) is 13.5. The zero-order chi connectivity index (χ0) is 19.8. The number of anilines is 2. The molecule has 4 rings (SSSR count). The number of para-hydroxylation sites is 2. The van der Waals surface area contributed by atoms with Gasteiger partial charge in [-0.25, -0.2) is 4.98 Å². The van der Waals surface area contributed by atoms with Crippen molar-refractivity contribution in [2.45, 2.75) is 20.3 Å². The number of amides is 2. The fourth-order valence-electron chi connectivity index (χ4n) is 3.56. The van der Waals surface area contributed by atoms with Gasteiger partial charge in [-0.3, -0.25) is 9.59 Å². The maximum atomic E-state index is 12.8. The maximum Gasteiger partial charge on any atom is 0.231 e. The van der Waals surface area contributed by atoms with Gasteiger partial charge in [0.25, 0.3) is 0 Å². The Balaban J connectivity index is 1.55. The van der Waals surface area contributed by atoms with Crippen LogP contribution in [0.1, 0.15) is 17.7 Å². The molecule has 0 radical (unpaired) electrons. The zero-order valence-electron chi connectivity index (χ0n) is 15.9. The number of nitrogens with zero attached hydrogens (tertiary/aromatic N) is 3. The largest absolute Gasteiger partial charge is 0.495 e. The predicted octanol–water partition coefficient (Wildman–Crippen LogP) is 3.31. The summed E-state index contributed by atoms with van der Waals surface area (Å²) in [5.41, 5.74) is 2.62. The molecular formula is C20H20N4O3S. The van der Waals surface area contributed by atoms with Crippen LogP contribution in [0.3, 0.4) is 0 Å². The molecule has 1 aliphatic heterocycles. The molecule has 1 aromatic carbocycles. The summed E-state index contributed by atoms with van der Waals surface area (Å²) in [5, 5.41) is 3.75. The van der Waals surface area contributed by atoms with Crippen molar-refractivity contribution in [3.63, 3.8) is 0 Å². The molecule has 1 N–H and O–H groups in total. The minimum Gasteiger partial charge on any atom is -0.495 e. The molecule has 144 valence electrons. The van der Waals surface area contributed by atoms with Gasteiger partial charge in [-0.2, -0.15) is 4.37 Å². The Kier molecular flexibility index (Phi) is 4.72. The first-order valence-electron chi connectivity index (χ1n) is 8.96. The summed E-state index contributed by atoms with van der Waals surface area (Å²) >= 11 is 1.26. The highest BCUT2D eigenvalue weighted by atomic mass is 32.1. The van der Waals surface area contributed by atoms with Gasteiger partial charge in [0.05, 0.1) is 24.1 Å². The number of nitrogens with one attached hydrogen (secondary N) is 1. The number of hydrogen-bond acceptors (Lipinski definition) is 6. The van der Waals surface area contributed by atoms with Crippen LogP contribution in [-0.2, 0) is 9.59 Å². The molecule has 0 saturated carbocycles. The van der Waals surface area contributed by atoms with Crippen molar-refractivity contribution in [3.8, 4) is 5.75 Å². The highest BCUT2D eigenvalue weighted by Crippen LogP contribution is 2.34. The van der Waals surface area contributed by atoms with Crippen LogP contribution >= 0.6 is 11.5 Å². The van der Waals surface area contributed by atoms with E-state index in [4.69, 9.17) is 4.74 Å². The number of pyridine rings is 1. The van der Waals surface area contributed by atoms with Crippen molar-refractivity contribution in [2.24, 2.45) is 5.92 Å². The minimum atomic E-state index is -0.451. The monoisotopic (exact) mass is 396 g/mol. The van der Waals surface area contributed by atoms with Crippen molar-refractivity contribution in [1.82, 2.24) is 9.36 Å². The van der Waals surface area contributed by atoms with E-state index in [2.05, 4.69) is 14.7 Å². The van der Waals surface area contributed by atoms with Crippen molar-refractivity contribution in [2.75, 3.05) is 23.9 Å². The average molecular weight is 396 g/mol. The van der Waals surface area contributed by atoms with Gasteiger partial charge < -0.3 is 15.0 Å². The van der Waals surface area contributed by atoms with Gasteiger partial charge in [-0.1, -0.05) is 12.1 Å². The lowest BCUT2D eigenvalue weighted by atomic mass is 10.1. The third-order valence-corrected chi connectivity index (χ3v) is 5.63. The first-order valence-corrected chi connectivity index (χ1v) is 9.73. The van der Waals surface area contributed by atoms with E-state index in [1.165, 1.54) is 11.5 Å². The van der Waals surface area contributed by atoms with Crippen molar-refractivity contribution in [1.29, 1.82) is 0 Å². The fourth-order valence-corrected chi connectivity index (χ4v) is 4.41. The van der Waals surface area contributed by atoms with Crippen LogP contribution < -0.4 is 15.0 Å². The molecule has 3 heterocycles. The molecule has 1 fully saturated rings. The quantitative estimate of drug-likeness (QED) is 0.731. The van der Waals surface area contributed by atoms with E-state index < -0.39 is 5.92 Å². The molecule has 0 spiro atoms. The summed E-state index contributed by atoms with van der Waals surface area (Å²) in [5.74, 6) is 0.365. The van der Waals surface area contributed by atoms with Gasteiger partial charge in [-0.05, 0) is 49.1 Å². The van der Waals surface area contributed by atoms with E-state index in [1.54, 1.807) is 18.1 Å². The summed E-state index contributed by atoms with van der Waals surface area (Å²) in [6.45, 7) is 4.22. The maximum absolute atomic E-state index is 12.8. The zero-order valence-corrected chi connectivity index (χ0v) is 16.7. The van der Waals surface area contributed by atoms with Gasteiger partial charge >= 0.3 is 0 Å². The molecule has 7 nitrogen and oxygen atoms in total. The van der Waals surface area contributed by atoms with Crippen molar-refractivity contribution >= 4 is 45.1 Å². The number of benzene rings is 1. The highest BCUT2D eigenvalue weighted by Gasteiger charge is 2.36. The molecule has 1 aliphatic rings. The number of carbonyl (C=O) groups is 2. The van der Waals surface area contributed by atoms with Crippen LogP contribution in [-0.4, -0.2) is 34.8 Å². The molecule has 2 amide bonds. The number of ether oxygens (including phenoxy) is 1. The summed E-state index contributed by atoms with van der Waals surface area (Å²) in [6.07, 6.45) is 0.155. The number of methoxy groups -OCH3 is 1. The van der Waals surface area contributed by atoms with Crippen molar-refractivity contribution < 1.29 is 14.3 Å². The summed E-state index contributed by atoms with van der Waals surface area (Å²) in [7, 11) is 1.56. The number of aromatic nitrogens is 2.